The normalized spacial score (nSPS) is 9.88. The van der Waals surface area contributed by atoms with Gasteiger partial charge in [-0.05, 0) is 6.07 Å². The van der Waals surface area contributed by atoms with Crippen LogP contribution in [-0.4, -0.2) is 36.5 Å². The van der Waals surface area contributed by atoms with Gasteiger partial charge in [0.05, 0.1) is 0 Å². The van der Waals surface area contributed by atoms with Crippen molar-refractivity contribution < 1.29 is 19.8 Å². The first-order valence-corrected chi connectivity index (χ1v) is 4.47. The predicted molar refractivity (Wildman–Crippen MR) is 57.4 cm³/mol. The lowest BCUT2D eigenvalue weighted by Crippen LogP contribution is -1.91. The van der Waals surface area contributed by atoms with Crippen LogP contribution in [0.2, 0.25) is 0 Å². The van der Waals surface area contributed by atoms with E-state index >= 15 is 0 Å². The fraction of sp³-hybridized carbons (Fsp3) is 0. The molecule has 2 aromatic rings. The van der Waals surface area contributed by atoms with Crippen molar-refractivity contribution in [3.63, 3.8) is 0 Å². The van der Waals surface area contributed by atoms with Crippen LogP contribution in [0.4, 0.5) is 0 Å². The van der Waals surface area contributed by atoms with Gasteiger partial charge >= 0.3 is 11.9 Å². The van der Waals surface area contributed by atoms with Crippen molar-refractivity contribution in [3.8, 4) is 0 Å². The molecule has 88 valence electrons. The van der Waals surface area contributed by atoms with Crippen LogP contribution in [0.5, 0.6) is 0 Å². The fourth-order valence-corrected chi connectivity index (χ4v) is 0.905. The van der Waals surface area contributed by atoms with Crippen molar-refractivity contribution in [2.75, 3.05) is 0 Å². The van der Waals surface area contributed by atoms with E-state index < -0.39 is 11.9 Å². The number of fused-ring (bicyclic) bond motifs is 1. The third-order valence-electron chi connectivity index (χ3n) is 1.54. The summed E-state index contributed by atoms with van der Waals surface area (Å²) in [5.41, 5.74) is 0. The fourth-order valence-electron chi connectivity index (χ4n) is 0.905. The zero-order chi connectivity index (χ0) is 12.7. The molecule has 0 aliphatic rings. The lowest BCUT2D eigenvalue weighted by atomic mass is 10.5. The highest BCUT2D eigenvalue weighted by molar-refractivity contribution is 5.89. The average Bonchev–Trinajstić information content (AvgIpc) is 2.75. The molecule has 0 spiro atoms. The van der Waals surface area contributed by atoms with Crippen molar-refractivity contribution in [1.29, 1.82) is 0 Å². The Bertz CT molecular complexity index is 501. The van der Waals surface area contributed by atoms with Gasteiger partial charge in [-0.25, -0.2) is 19.6 Å². The second-order valence-corrected chi connectivity index (χ2v) is 2.76. The molecule has 0 bridgehead atoms. The van der Waals surface area contributed by atoms with Crippen molar-refractivity contribution in [2.24, 2.45) is 0 Å². The Balaban J connectivity index is 0.000000172. The van der Waals surface area contributed by atoms with Crippen LogP contribution in [0.1, 0.15) is 0 Å². The minimum Gasteiger partial charge on any atom is -0.478 e. The molecule has 7 nitrogen and oxygen atoms in total. The molecule has 2 heterocycles. The van der Waals surface area contributed by atoms with E-state index in [1.165, 1.54) is 0 Å². The summed E-state index contributed by atoms with van der Waals surface area (Å²) in [7, 11) is 0. The summed E-state index contributed by atoms with van der Waals surface area (Å²) < 4.78 is 1.86. The van der Waals surface area contributed by atoms with Gasteiger partial charge in [-0.3, -0.25) is 4.40 Å². The molecule has 2 rings (SSSR count). The Kier molecular flexibility index (Phi) is 4.37. The zero-order valence-electron chi connectivity index (χ0n) is 8.59. The molecule has 0 aliphatic carbocycles. The monoisotopic (exact) mass is 235 g/mol. The molecule has 0 saturated carbocycles. The molecular formula is C10H9N3O4. The maximum Gasteiger partial charge on any atom is 0.328 e. The van der Waals surface area contributed by atoms with Crippen molar-refractivity contribution in [2.45, 2.75) is 0 Å². The van der Waals surface area contributed by atoms with Gasteiger partial charge in [0.1, 0.15) is 0 Å². The lowest BCUT2D eigenvalue weighted by molar-refractivity contribution is -0.134. The van der Waals surface area contributed by atoms with E-state index in [2.05, 4.69) is 9.97 Å². The number of aliphatic carboxylic acids is 2. The Labute approximate surface area is 95.7 Å². The molecular weight excluding hydrogens is 226 g/mol. The van der Waals surface area contributed by atoms with Gasteiger partial charge in [0.25, 0.3) is 0 Å². The van der Waals surface area contributed by atoms with Gasteiger partial charge in [-0.15, -0.1) is 0 Å². The summed E-state index contributed by atoms with van der Waals surface area (Å²) in [6.45, 7) is 0. The van der Waals surface area contributed by atoms with Gasteiger partial charge in [-0.2, -0.15) is 0 Å². The molecule has 0 saturated heterocycles. The Morgan fingerprint density at radius 1 is 1.06 bits per heavy atom. The van der Waals surface area contributed by atoms with Gasteiger partial charge < -0.3 is 10.2 Å². The van der Waals surface area contributed by atoms with Gasteiger partial charge in [0, 0.05) is 36.9 Å². The highest BCUT2D eigenvalue weighted by Gasteiger charge is 1.88. The molecule has 0 aliphatic heterocycles. The number of hydrogen-bond acceptors (Lipinski definition) is 4. The van der Waals surface area contributed by atoms with Crippen LogP contribution in [-0.2, 0) is 9.59 Å². The third kappa shape index (κ3) is 4.56. The van der Waals surface area contributed by atoms with Crippen LogP contribution in [0.25, 0.3) is 5.78 Å². The number of aromatic nitrogens is 3. The van der Waals surface area contributed by atoms with Crippen LogP contribution in [0, 0.1) is 0 Å². The zero-order valence-corrected chi connectivity index (χ0v) is 8.59. The number of nitrogens with zero attached hydrogens (tertiary/aromatic N) is 3. The summed E-state index contributed by atoms with van der Waals surface area (Å²) in [6, 6.07) is 1.87. The molecule has 7 heteroatoms. The molecule has 0 atom stereocenters. The number of carboxylic acids is 2. The van der Waals surface area contributed by atoms with Gasteiger partial charge in [-0.1, -0.05) is 0 Å². The first-order chi connectivity index (χ1) is 8.09. The van der Waals surface area contributed by atoms with E-state index in [9.17, 15) is 9.59 Å². The van der Waals surface area contributed by atoms with E-state index in [1.54, 1.807) is 12.4 Å². The maximum atomic E-state index is 9.55. The molecule has 0 unspecified atom stereocenters. The van der Waals surface area contributed by atoms with Gasteiger partial charge in [0.2, 0.25) is 5.78 Å². The van der Waals surface area contributed by atoms with Crippen LogP contribution in [0.15, 0.2) is 43.0 Å². The van der Waals surface area contributed by atoms with E-state index in [0.29, 0.717) is 12.2 Å². The quantitative estimate of drug-likeness (QED) is 0.732. The standard InChI is InChI=1S/C6H5N3.C4H4O4/c1-2-7-6-8-3-5-9(6)4-1;5-3(6)1-2-4(7)8/h1-5H;1-2H,(H,5,6)(H,7,8)/b;2-1+. The molecule has 0 aromatic carbocycles. The van der Waals surface area contributed by atoms with Crippen molar-refractivity contribution >= 4 is 17.7 Å². The third-order valence-corrected chi connectivity index (χ3v) is 1.54. The van der Waals surface area contributed by atoms with Crippen LogP contribution >= 0.6 is 0 Å². The first-order valence-electron chi connectivity index (χ1n) is 4.47. The summed E-state index contributed by atoms with van der Waals surface area (Å²) in [4.78, 5) is 27.1. The van der Waals surface area contributed by atoms with E-state index in [0.717, 1.165) is 5.78 Å². The number of carbonyl (C=O) groups is 2. The molecule has 17 heavy (non-hydrogen) atoms. The summed E-state index contributed by atoms with van der Waals surface area (Å²) in [5, 5.41) is 15.6. The van der Waals surface area contributed by atoms with Crippen molar-refractivity contribution in [1.82, 2.24) is 14.4 Å². The SMILES string of the molecule is O=C(O)/C=C/C(=O)O.c1cnc2nccn2c1. The van der Waals surface area contributed by atoms with E-state index in [-0.39, 0.29) is 0 Å². The lowest BCUT2D eigenvalue weighted by Gasteiger charge is -1.85. The van der Waals surface area contributed by atoms with Crippen LogP contribution in [0.3, 0.4) is 0 Å². The minimum absolute atomic E-state index is 0.558. The summed E-state index contributed by atoms with van der Waals surface area (Å²) >= 11 is 0. The Hall–Kier alpha value is -2.70. The first kappa shape index (κ1) is 12.4. The van der Waals surface area contributed by atoms with E-state index in [1.807, 2.05) is 22.9 Å². The number of imidazole rings is 1. The molecule has 0 fully saturated rings. The highest BCUT2D eigenvalue weighted by Crippen LogP contribution is 1.91. The molecule has 0 radical (unpaired) electrons. The number of rotatable bonds is 2. The second kappa shape index (κ2) is 6.01. The highest BCUT2D eigenvalue weighted by atomic mass is 16.4. The summed E-state index contributed by atoms with van der Waals surface area (Å²) in [5.74, 6) is -1.77. The van der Waals surface area contributed by atoms with E-state index in [4.69, 9.17) is 10.2 Å². The second-order valence-electron chi connectivity index (χ2n) is 2.76. The number of hydrogen-bond donors (Lipinski definition) is 2. The Morgan fingerprint density at radius 3 is 2.18 bits per heavy atom. The maximum absolute atomic E-state index is 9.55. The smallest absolute Gasteiger partial charge is 0.328 e. The topological polar surface area (TPSA) is 105 Å². The molecule has 0 amide bonds. The number of carboxylic acid groups (broad SMARTS) is 2. The largest absolute Gasteiger partial charge is 0.478 e. The predicted octanol–water partition coefficient (Wildman–Crippen LogP) is 0.441. The summed E-state index contributed by atoms with van der Waals surface area (Å²) in [6.07, 6.45) is 8.34. The Morgan fingerprint density at radius 2 is 1.65 bits per heavy atom. The minimum atomic E-state index is -1.26. The van der Waals surface area contributed by atoms with Crippen molar-refractivity contribution in [3.05, 3.63) is 43.0 Å². The van der Waals surface area contributed by atoms with Crippen LogP contribution < -0.4 is 0 Å². The molecule has 2 N–H and O–H groups in total. The molecule has 2 aromatic heterocycles. The average molecular weight is 235 g/mol. The van der Waals surface area contributed by atoms with Gasteiger partial charge in [0.15, 0.2) is 0 Å².